The molecule has 0 heterocycles. The molecule has 2 nitrogen and oxygen atoms in total. The third kappa shape index (κ3) is 3.93. The molecule has 0 aromatic heterocycles. The van der Waals surface area contributed by atoms with E-state index in [1.807, 2.05) is 44.2 Å². The average molecular weight is 230 g/mol. The molecular weight excluding hydrogens is 212 g/mol. The minimum absolute atomic E-state index is 0.369. The van der Waals surface area contributed by atoms with Gasteiger partial charge in [-0.15, -0.1) is 5.73 Å². The van der Waals surface area contributed by atoms with Crippen LogP contribution in [-0.2, 0) is 4.79 Å². The Morgan fingerprint density at radius 3 is 2.35 bits per heavy atom. The van der Waals surface area contributed by atoms with Crippen LogP contribution in [0.5, 0.6) is 0 Å². The second-order valence-corrected chi connectivity index (χ2v) is 3.86. The fraction of sp³-hybridized carbons (Fsp3) is 0.333. The van der Waals surface area contributed by atoms with E-state index < -0.39 is 5.97 Å². The zero-order valence-electron chi connectivity index (χ0n) is 10.4. The molecule has 0 atom stereocenters. The molecule has 0 aliphatic rings. The highest BCUT2D eigenvalue weighted by atomic mass is 16.4. The van der Waals surface area contributed by atoms with Crippen LogP contribution in [0.4, 0.5) is 0 Å². The number of hydrogen-bond donors (Lipinski definition) is 1. The van der Waals surface area contributed by atoms with Crippen molar-refractivity contribution in [2.75, 3.05) is 0 Å². The van der Waals surface area contributed by atoms with Crippen LogP contribution in [0, 0.1) is 0 Å². The summed E-state index contributed by atoms with van der Waals surface area (Å²) < 4.78 is 0. The number of carboxylic acids is 1. The molecule has 0 saturated heterocycles. The maximum Gasteiger partial charge on any atom is 0.339 e. The van der Waals surface area contributed by atoms with Crippen molar-refractivity contribution in [2.24, 2.45) is 0 Å². The third-order valence-corrected chi connectivity index (χ3v) is 2.54. The van der Waals surface area contributed by atoms with Gasteiger partial charge in [-0.25, -0.2) is 4.79 Å². The lowest BCUT2D eigenvalue weighted by molar-refractivity contribution is -0.132. The zero-order chi connectivity index (χ0) is 12.7. The zero-order valence-corrected chi connectivity index (χ0v) is 10.4. The summed E-state index contributed by atoms with van der Waals surface area (Å²) in [5, 5.41) is 9.08. The van der Waals surface area contributed by atoms with Gasteiger partial charge in [0.2, 0.25) is 0 Å². The number of carbonyl (C=O) groups is 1. The van der Waals surface area contributed by atoms with E-state index in [1.165, 1.54) is 0 Å². The maximum absolute atomic E-state index is 11.1. The molecule has 0 fully saturated rings. The SMILES string of the molecule is CCCC(=C=C(CC)c1ccccc1)C(=O)O. The number of benzene rings is 1. The van der Waals surface area contributed by atoms with Gasteiger partial charge in [-0.05, 0) is 18.4 Å². The summed E-state index contributed by atoms with van der Waals surface area (Å²) in [4.78, 5) is 11.1. The van der Waals surface area contributed by atoms with Gasteiger partial charge in [0, 0.05) is 5.57 Å². The Morgan fingerprint density at radius 2 is 1.88 bits per heavy atom. The topological polar surface area (TPSA) is 37.3 Å². The summed E-state index contributed by atoms with van der Waals surface area (Å²) in [5.41, 5.74) is 5.42. The van der Waals surface area contributed by atoms with Crippen LogP contribution in [0.1, 0.15) is 38.7 Å². The highest BCUT2D eigenvalue weighted by Gasteiger charge is 2.06. The monoisotopic (exact) mass is 230 g/mol. The standard InChI is InChI=1S/C15H18O2/c1-3-8-14(15(16)17)11-12(4-2)13-9-6-5-7-10-13/h5-7,9-10H,3-4,8H2,1-2H3,(H,16,17). The van der Waals surface area contributed by atoms with Crippen molar-refractivity contribution in [3.63, 3.8) is 0 Å². The van der Waals surface area contributed by atoms with Crippen molar-refractivity contribution in [3.8, 4) is 0 Å². The van der Waals surface area contributed by atoms with Gasteiger partial charge in [0.05, 0.1) is 5.57 Å². The Kier molecular flexibility index (Phi) is 5.25. The van der Waals surface area contributed by atoms with Crippen molar-refractivity contribution in [2.45, 2.75) is 33.1 Å². The highest BCUT2D eigenvalue weighted by Crippen LogP contribution is 2.18. The first-order valence-electron chi connectivity index (χ1n) is 5.96. The fourth-order valence-corrected chi connectivity index (χ4v) is 1.66. The van der Waals surface area contributed by atoms with Crippen molar-refractivity contribution in [1.82, 2.24) is 0 Å². The molecule has 0 spiro atoms. The normalized spacial score (nSPS) is 9.53. The molecular formula is C15H18O2. The summed E-state index contributed by atoms with van der Waals surface area (Å²) in [6.07, 6.45) is 2.16. The molecule has 1 aromatic carbocycles. The van der Waals surface area contributed by atoms with Crippen LogP contribution in [0.15, 0.2) is 41.6 Å². The second kappa shape index (κ2) is 6.72. The van der Waals surface area contributed by atoms with Gasteiger partial charge in [0.25, 0.3) is 0 Å². The Labute approximate surface area is 102 Å². The molecule has 2 heteroatoms. The minimum atomic E-state index is -0.867. The molecule has 90 valence electrons. The van der Waals surface area contributed by atoms with E-state index in [0.717, 1.165) is 24.0 Å². The summed E-state index contributed by atoms with van der Waals surface area (Å²) >= 11 is 0. The molecule has 1 rings (SSSR count). The van der Waals surface area contributed by atoms with Crippen LogP contribution in [0.25, 0.3) is 5.57 Å². The molecule has 0 aliphatic heterocycles. The Bertz CT molecular complexity index is 437. The lowest BCUT2D eigenvalue weighted by atomic mass is 10.0. The highest BCUT2D eigenvalue weighted by molar-refractivity contribution is 5.88. The van der Waals surface area contributed by atoms with E-state index in [-0.39, 0.29) is 0 Å². The first kappa shape index (κ1) is 13.3. The fourth-order valence-electron chi connectivity index (χ4n) is 1.66. The molecule has 1 N–H and O–H groups in total. The van der Waals surface area contributed by atoms with Crippen LogP contribution >= 0.6 is 0 Å². The molecule has 0 amide bonds. The Hall–Kier alpha value is -1.79. The van der Waals surface area contributed by atoms with E-state index in [0.29, 0.717) is 12.0 Å². The van der Waals surface area contributed by atoms with Crippen LogP contribution in [0.3, 0.4) is 0 Å². The van der Waals surface area contributed by atoms with Gasteiger partial charge in [-0.1, -0.05) is 50.6 Å². The minimum Gasteiger partial charge on any atom is -0.477 e. The first-order chi connectivity index (χ1) is 8.19. The van der Waals surface area contributed by atoms with E-state index in [1.54, 1.807) is 0 Å². The first-order valence-corrected chi connectivity index (χ1v) is 5.96. The largest absolute Gasteiger partial charge is 0.477 e. The Morgan fingerprint density at radius 1 is 1.24 bits per heavy atom. The summed E-state index contributed by atoms with van der Waals surface area (Å²) in [7, 11) is 0. The number of rotatable bonds is 5. The lowest BCUT2D eigenvalue weighted by Gasteiger charge is -2.02. The van der Waals surface area contributed by atoms with Gasteiger partial charge in [0.1, 0.15) is 0 Å². The average Bonchev–Trinajstić information content (AvgIpc) is 2.35. The lowest BCUT2D eigenvalue weighted by Crippen LogP contribution is -1.99. The van der Waals surface area contributed by atoms with Gasteiger partial charge in [0.15, 0.2) is 0 Å². The van der Waals surface area contributed by atoms with Gasteiger partial charge < -0.3 is 5.11 Å². The van der Waals surface area contributed by atoms with Crippen LogP contribution in [-0.4, -0.2) is 11.1 Å². The van der Waals surface area contributed by atoms with Crippen LogP contribution < -0.4 is 0 Å². The molecule has 1 aromatic rings. The van der Waals surface area contributed by atoms with Crippen molar-refractivity contribution in [3.05, 3.63) is 47.2 Å². The van der Waals surface area contributed by atoms with Crippen LogP contribution in [0.2, 0.25) is 0 Å². The van der Waals surface area contributed by atoms with E-state index in [2.05, 4.69) is 5.73 Å². The van der Waals surface area contributed by atoms with Crippen molar-refractivity contribution < 1.29 is 9.90 Å². The molecule has 0 radical (unpaired) electrons. The predicted molar refractivity (Wildman–Crippen MR) is 69.7 cm³/mol. The Balaban J connectivity index is 3.23. The van der Waals surface area contributed by atoms with Gasteiger partial charge in [-0.3, -0.25) is 0 Å². The smallest absolute Gasteiger partial charge is 0.339 e. The van der Waals surface area contributed by atoms with E-state index in [9.17, 15) is 4.79 Å². The van der Waals surface area contributed by atoms with E-state index in [4.69, 9.17) is 5.11 Å². The maximum atomic E-state index is 11.1. The predicted octanol–water partition coefficient (Wildman–Crippen LogP) is 3.89. The second-order valence-electron chi connectivity index (χ2n) is 3.86. The molecule has 0 aliphatic carbocycles. The van der Waals surface area contributed by atoms with E-state index >= 15 is 0 Å². The summed E-state index contributed by atoms with van der Waals surface area (Å²) in [5.74, 6) is -0.867. The van der Waals surface area contributed by atoms with Gasteiger partial charge >= 0.3 is 5.97 Å². The molecule has 0 unspecified atom stereocenters. The quantitative estimate of drug-likeness (QED) is 0.615. The number of hydrogen-bond acceptors (Lipinski definition) is 1. The van der Waals surface area contributed by atoms with Gasteiger partial charge in [-0.2, -0.15) is 0 Å². The number of aliphatic carboxylic acids is 1. The third-order valence-electron chi connectivity index (χ3n) is 2.54. The summed E-state index contributed by atoms with van der Waals surface area (Å²) in [6.45, 7) is 3.99. The number of carboxylic acid groups (broad SMARTS) is 1. The molecule has 0 saturated carbocycles. The molecule has 17 heavy (non-hydrogen) atoms. The molecule has 0 bridgehead atoms. The van der Waals surface area contributed by atoms with Crippen molar-refractivity contribution >= 4 is 11.5 Å². The van der Waals surface area contributed by atoms with Crippen molar-refractivity contribution in [1.29, 1.82) is 0 Å². The summed E-state index contributed by atoms with van der Waals surface area (Å²) in [6, 6.07) is 9.82.